The minimum atomic E-state index is -3.65. The first kappa shape index (κ1) is 15.3. The number of hydrogen-bond acceptors (Lipinski definition) is 3. The zero-order valence-corrected chi connectivity index (χ0v) is 12.6. The van der Waals surface area contributed by atoms with E-state index in [1.807, 2.05) is 6.92 Å². The minimum absolute atomic E-state index is 0.00630. The van der Waals surface area contributed by atoms with E-state index >= 15 is 0 Å². The fourth-order valence-corrected chi connectivity index (χ4v) is 4.49. The Morgan fingerprint density at radius 1 is 1.50 bits per heavy atom. The first-order valence-corrected chi connectivity index (χ1v) is 8.10. The Balaban J connectivity index is 2.21. The fraction of sp³-hybridized carbons (Fsp3) is 0.462. The molecule has 1 saturated heterocycles. The molecule has 0 amide bonds. The van der Waals surface area contributed by atoms with Crippen molar-refractivity contribution < 1.29 is 18.3 Å². The van der Waals surface area contributed by atoms with Crippen LogP contribution in [0.1, 0.15) is 18.4 Å². The SMILES string of the molecule is Cc1ccc(S(=O)(=O)N2CCC(CC(=O)O)C2)c(Cl)c1. The van der Waals surface area contributed by atoms with Crippen LogP contribution < -0.4 is 0 Å². The Labute approximate surface area is 123 Å². The number of hydrogen-bond donors (Lipinski definition) is 1. The van der Waals surface area contributed by atoms with Crippen molar-refractivity contribution in [1.82, 2.24) is 4.31 Å². The van der Waals surface area contributed by atoms with Crippen molar-refractivity contribution in [3.63, 3.8) is 0 Å². The Bertz CT molecular complexity index is 629. The molecule has 1 aromatic carbocycles. The third-order valence-electron chi connectivity index (χ3n) is 3.42. The number of aryl methyl sites for hydroxylation is 1. The van der Waals surface area contributed by atoms with Gasteiger partial charge in [0.05, 0.1) is 5.02 Å². The highest BCUT2D eigenvalue weighted by Crippen LogP contribution is 2.30. The van der Waals surface area contributed by atoms with Crippen molar-refractivity contribution in [2.24, 2.45) is 5.92 Å². The number of sulfonamides is 1. The van der Waals surface area contributed by atoms with Gasteiger partial charge in [-0.05, 0) is 37.0 Å². The molecule has 1 aliphatic rings. The van der Waals surface area contributed by atoms with Crippen LogP contribution in [0.4, 0.5) is 0 Å². The molecule has 1 aliphatic heterocycles. The van der Waals surface area contributed by atoms with E-state index in [9.17, 15) is 13.2 Å². The van der Waals surface area contributed by atoms with E-state index in [1.165, 1.54) is 10.4 Å². The lowest BCUT2D eigenvalue weighted by molar-refractivity contribution is -0.137. The lowest BCUT2D eigenvalue weighted by Crippen LogP contribution is -2.29. The molecular formula is C13H16ClNO4S. The summed E-state index contributed by atoms with van der Waals surface area (Å²) >= 11 is 6.01. The molecule has 1 fully saturated rings. The molecule has 1 aromatic rings. The second-order valence-corrected chi connectivity index (χ2v) is 7.36. The standard InChI is InChI=1S/C13H16ClNO4S/c1-9-2-3-12(11(14)6-9)20(18,19)15-5-4-10(8-15)7-13(16)17/h2-3,6,10H,4-5,7-8H2,1H3,(H,16,17). The molecule has 1 atom stereocenters. The number of benzene rings is 1. The van der Waals surface area contributed by atoms with Crippen LogP contribution in [0.2, 0.25) is 5.02 Å². The predicted molar refractivity (Wildman–Crippen MR) is 75.3 cm³/mol. The van der Waals surface area contributed by atoms with E-state index in [4.69, 9.17) is 16.7 Å². The largest absolute Gasteiger partial charge is 0.481 e. The van der Waals surface area contributed by atoms with Crippen LogP contribution in [0.5, 0.6) is 0 Å². The van der Waals surface area contributed by atoms with Gasteiger partial charge >= 0.3 is 5.97 Å². The highest BCUT2D eigenvalue weighted by molar-refractivity contribution is 7.89. The van der Waals surface area contributed by atoms with Crippen molar-refractivity contribution in [2.45, 2.75) is 24.7 Å². The predicted octanol–water partition coefficient (Wildman–Crippen LogP) is 2.13. The van der Waals surface area contributed by atoms with Crippen molar-refractivity contribution in [2.75, 3.05) is 13.1 Å². The Morgan fingerprint density at radius 2 is 2.20 bits per heavy atom. The molecule has 1 heterocycles. The topological polar surface area (TPSA) is 74.7 Å². The number of rotatable bonds is 4. The summed E-state index contributed by atoms with van der Waals surface area (Å²) < 4.78 is 26.3. The van der Waals surface area contributed by atoms with E-state index in [0.29, 0.717) is 13.0 Å². The Hall–Kier alpha value is -1.11. The molecule has 5 nitrogen and oxygen atoms in total. The van der Waals surface area contributed by atoms with Gasteiger partial charge in [-0.1, -0.05) is 17.7 Å². The summed E-state index contributed by atoms with van der Waals surface area (Å²) in [6.45, 7) is 2.41. The number of carbonyl (C=O) groups is 1. The van der Waals surface area contributed by atoms with Gasteiger partial charge in [0, 0.05) is 19.5 Å². The Morgan fingerprint density at radius 3 is 2.80 bits per heavy atom. The van der Waals surface area contributed by atoms with E-state index in [1.54, 1.807) is 12.1 Å². The van der Waals surface area contributed by atoms with Gasteiger partial charge in [-0.15, -0.1) is 0 Å². The van der Waals surface area contributed by atoms with E-state index in [-0.39, 0.29) is 28.8 Å². The summed E-state index contributed by atoms with van der Waals surface area (Å²) in [5.41, 5.74) is 0.888. The molecule has 1 unspecified atom stereocenters. The van der Waals surface area contributed by atoms with Gasteiger partial charge in [-0.2, -0.15) is 4.31 Å². The molecule has 7 heteroatoms. The van der Waals surface area contributed by atoms with Gasteiger partial charge in [-0.25, -0.2) is 8.42 Å². The summed E-state index contributed by atoms with van der Waals surface area (Å²) in [5, 5.41) is 8.97. The van der Waals surface area contributed by atoms with E-state index in [2.05, 4.69) is 0 Å². The third kappa shape index (κ3) is 3.13. The summed E-state index contributed by atoms with van der Waals surface area (Å²) in [5.74, 6) is -1.03. The van der Waals surface area contributed by atoms with Crippen LogP contribution in [0.3, 0.4) is 0 Å². The number of halogens is 1. The smallest absolute Gasteiger partial charge is 0.303 e. The molecule has 110 valence electrons. The maximum Gasteiger partial charge on any atom is 0.303 e. The quantitative estimate of drug-likeness (QED) is 0.923. The van der Waals surface area contributed by atoms with E-state index < -0.39 is 16.0 Å². The summed E-state index contributed by atoms with van der Waals surface area (Å²) in [6.07, 6.45) is 0.558. The molecule has 0 bridgehead atoms. The second-order valence-electron chi connectivity index (χ2n) is 5.05. The van der Waals surface area contributed by atoms with Crippen molar-refractivity contribution in [3.8, 4) is 0 Å². The van der Waals surface area contributed by atoms with Crippen LogP contribution >= 0.6 is 11.6 Å². The second kappa shape index (κ2) is 5.71. The number of carboxylic acid groups (broad SMARTS) is 1. The highest BCUT2D eigenvalue weighted by atomic mass is 35.5. The Kier molecular flexibility index (Phi) is 4.36. The van der Waals surface area contributed by atoms with Gasteiger partial charge < -0.3 is 5.11 Å². The molecule has 0 radical (unpaired) electrons. The van der Waals surface area contributed by atoms with Crippen LogP contribution in [0.25, 0.3) is 0 Å². The van der Waals surface area contributed by atoms with Gasteiger partial charge in [-0.3, -0.25) is 4.79 Å². The van der Waals surface area contributed by atoms with E-state index in [0.717, 1.165) is 5.56 Å². The van der Waals surface area contributed by atoms with Crippen LogP contribution in [-0.4, -0.2) is 36.9 Å². The maximum absolute atomic E-state index is 12.5. The highest BCUT2D eigenvalue weighted by Gasteiger charge is 2.34. The van der Waals surface area contributed by atoms with Gasteiger partial charge in [0.25, 0.3) is 0 Å². The molecule has 2 rings (SSSR count). The van der Waals surface area contributed by atoms with Gasteiger partial charge in [0.15, 0.2) is 0 Å². The molecule has 0 aliphatic carbocycles. The molecular weight excluding hydrogens is 302 g/mol. The van der Waals surface area contributed by atoms with Crippen LogP contribution in [0.15, 0.2) is 23.1 Å². The maximum atomic E-state index is 12.5. The fourth-order valence-electron chi connectivity index (χ4n) is 2.38. The first-order valence-electron chi connectivity index (χ1n) is 6.29. The molecule has 0 saturated carbocycles. The average Bonchev–Trinajstić information content (AvgIpc) is 2.76. The van der Waals surface area contributed by atoms with Gasteiger partial charge in [0.1, 0.15) is 4.90 Å². The van der Waals surface area contributed by atoms with Crippen LogP contribution in [0, 0.1) is 12.8 Å². The monoisotopic (exact) mass is 317 g/mol. The molecule has 0 aromatic heterocycles. The third-order valence-corrected chi connectivity index (χ3v) is 5.77. The number of carboxylic acids is 1. The van der Waals surface area contributed by atoms with Crippen molar-refractivity contribution in [3.05, 3.63) is 28.8 Å². The molecule has 20 heavy (non-hydrogen) atoms. The zero-order valence-electron chi connectivity index (χ0n) is 11.0. The first-order chi connectivity index (χ1) is 9.30. The summed E-state index contributed by atoms with van der Waals surface area (Å²) in [4.78, 5) is 10.8. The molecule has 1 N–H and O–H groups in total. The lowest BCUT2D eigenvalue weighted by atomic mass is 10.1. The summed E-state index contributed by atoms with van der Waals surface area (Å²) in [6, 6.07) is 4.81. The van der Waals surface area contributed by atoms with Crippen LogP contribution in [-0.2, 0) is 14.8 Å². The summed E-state index contributed by atoms with van der Waals surface area (Å²) in [7, 11) is -3.65. The van der Waals surface area contributed by atoms with Crippen molar-refractivity contribution in [1.29, 1.82) is 0 Å². The normalized spacial score (nSPS) is 20.2. The lowest BCUT2D eigenvalue weighted by Gasteiger charge is -2.17. The minimum Gasteiger partial charge on any atom is -0.481 e. The number of nitrogens with zero attached hydrogens (tertiary/aromatic N) is 1. The van der Waals surface area contributed by atoms with Gasteiger partial charge in [0.2, 0.25) is 10.0 Å². The van der Waals surface area contributed by atoms with Crippen molar-refractivity contribution >= 4 is 27.6 Å². The zero-order chi connectivity index (χ0) is 14.9. The molecule has 0 spiro atoms. The average molecular weight is 318 g/mol. The number of aliphatic carboxylic acids is 1.